The molecule has 0 saturated carbocycles. The summed E-state index contributed by atoms with van der Waals surface area (Å²) in [6.45, 7) is 5.51. The maximum absolute atomic E-state index is 15.4. The molecule has 192 valence electrons. The average molecular weight is 505 g/mol. The molecule has 4 aromatic rings. The number of aliphatic hydroxyl groups is 1. The Hall–Kier alpha value is -4.09. The number of aliphatic imine (C=N–C) groups is 1. The van der Waals surface area contributed by atoms with E-state index >= 15 is 4.39 Å². The van der Waals surface area contributed by atoms with Crippen LogP contribution < -0.4 is 15.4 Å². The van der Waals surface area contributed by atoms with E-state index in [4.69, 9.17) is 4.74 Å². The van der Waals surface area contributed by atoms with Crippen molar-refractivity contribution in [3.63, 3.8) is 0 Å². The topological polar surface area (TPSA) is 113 Å². The van der Waals surface area contributed by atoms with Crippen LogP contribution in [0.25, 0.3) is 11.0 Å². The van der Waals surface area contributed by atoms with Crippen LogP contribution in [0.3, 0.4) is 0 Å². The fourth-order valence-electron chi connectivity index (χ4n) is 4.27. The van der Waals surface area contributed by atoms with Crippen LogP contribution in [0.15, 0.2) is 48.0 Å². The van der Waals surface area contributed by atoms with Crippen molar-refractivity contribution >= 4 is 34.4 Å². The van der Waals surface area contributed by atoms with E-state index in [2.05, 4.69) is 30.6 Å². The summed E-state index contributed by atoms with van der Waals surface area (Å²) in [5.41, 5.74) is 2.65. The van der Waals surface area contributed by atoms with Gasteiger partial charge in [0.05, 0.1) is 34.9 Å². The van der Waals surface area contributed by atoms with E-state index in [-0.39, 0.29) is 5.69 Å². The van der Waals surface area contributed by atoms with Crippen LogP contribution in [-0.4, -0.2) is 61.2 Å². The lowest BCUT2D eigenvalue weighted by Gasteiger charge is -2.33. The number of benzene rings is 2. The number of likely N-dealkylation sites (N-methyl/N-ethyl adjacent to an activating group) is 1. The van der Waals surface area contributed by atoms with E-state index in [1.807, 2.05) is 41.8 Å². The van der Waals surface area contributed by atoms with Crippen molar-refractivity contribution in [2.75, 3.05) is 24.2 Å². The van der Waals surface area contributed by atoms with Gasteiger partial charge < -0.3 is 25.0 Å². The molecule has 0 fully saturated rings. The second-order valence-electron chi connectivity index (χ2n) is 9.79. The Balaban J connectivity index is 1.37. The zero-order valence-electron chi connectivity index (χ0n) is 21.3. The minimum absolute atomic E-state index is 0.247. The number of rotatable bonds is 7. The molecule has 11 heteroatoms. The summed E-state index contributed by atoms with van der Waals surface area (Å²) in [5, 5.41) is 16.5. The highest BCUT2D eigenvalue weighted by atomic mass is 19.1. The number of nitrogens with zero attached hydrogens (tertiary/aromatic N) is 6. The van der Waals surface area contributed by atoms with Crippen LogP contribution in [0.4, 0.5) is 21.6 Å². The van der Waals surface area contributed by atoms with Gasteiger partial charge in [-0.25, -0.2) is 19.3 Å². The third kappa shape index (κ3) is 5.09. The fraction of sp³-hybridized carbons (Fsp3) is 0.308. The van der Waals surface area contributed by atoms with Crippen LogP contribution in [-0.2, 0) is 7.05 Å². The summed E-state index contributed by atoms with van der Waals surface area (Å²) in [4.78, 5) is 19.3. The van der Waals surface area contributed by atoms with Gasteiger partial charge in [0.25, 0.3) is 0 Å². The summed E-state index contributed by atoms with van der Waals surface area (Å²) in [6.07, 6.45) is 4.33. The third-order valence-corrected chi connectivity index (χ3v) is 6.06. The molecule has 1 atom stereocenters. The molecule has 5 rings (SSSR count). The van der Waals surface area contributed by atoms with Crippen LogP contribution >= 0.6 is 0 Å². The number of anilines is 3. The van der Waals surface area contributed by atoms with E-state index in [1.54, 1.807) is 45.4 Å². The smallest absolute Gasteiger partial charge is 0.176 e. The molecule has 2 aromatic carbocycles. The molecule has 0 amide bonds. The standard InChI is InChI=1S/C26H29FN8O2/c1-15-21(37-16-6-8-20-18(10-16)31-14-35(20)5)9-7-17(22(15)27)32-24-23-19(29-13-30-24)11-28-25(33-23)34(4)12-26(2,3)36/h6-11,13-14,25,33,36H,12H2,1-5H3,(H,29,30,32). The predicted molar refractivity (Wildman–Crippen MR) is 141 cm³/mol. The van der Waals surface area contributed by atoms with Crippen LogP contribution in [0.2, 0.25) is 0 Å². The highest BCUT2D eigenvalue weighted by Crippen LogP contribution is 2.34. The molecule has 1 aliphatic rings. The predicted octanol–water partition coefficient (Wildman–Crippen LogP) is 4.18. The Labute approximate surface area is 213 Å². The quantitative estimate of drug-likeness (QED) is 0.344. The van der Waals surface area contributed by atoms with Crippen LogP contribution in [0, 0.1) is 12.7 Å². The summed E-state index contributed by atoms with van der Waals surface area (Å²) in [7, 11) is 3.77. The minimum atomic E-state index is -0.895. The highest BCUT2D eigenvalue weighted by molar-refractivity contribution is 5.92. The van der Waals surface area contributed by atoms with Crippen molar-refractivity contribution in [1.29, 1.82) is 0 Å². The first-order valence-electron chi connectivity index (χ1n) is 11.8. The normalized spacial score (nSPS) is 15.1. The van der Waals surface area contributed by atoms with Crippen molar-refractivity contribution < 1.29 is 14.2 Å². The van der Waals surface area contributed by atoms with Gasteiger partial charge in [0, 0.05) is 25.2 Å². The average Bonchev–Trinajstić information content (AvgIpc) is 3.22. The fourth-order valence-corrected chi connectivity index (χ4v) is 4.27. The van der Waals surface area contributed by atoms with E-state index < -0.39 is 17.7 Å². The first-order valence-corrected chi connectivity index (χ1v) is 11.8. The number of hydrogen-bond acceptors (Lipinski definition) is 9. The number of imidazole rings is 1. The van der Waals surface area contributed by atoms with Gasteiger partial charge in [0.15, 0.2) is 17.9 Å². The largest absolute Gasteiger partial charge is 0.457 e. The number of fused-ring (bicyclic) bond motifs is 2. The Morgan fingerprint density at radius 2 is 2.03 bits per heavy atom. The Kier molecular flexibility index (Phi) is 6.26. The van der Waals surface area contributed by atoms with Gasteiger partial charge >= 0.3 is 0 Å². The molecule has 3 N–H and O–H groups in total. The van der Waals surface area contributed by atoms with Crippen molar-refractivity contribution in [2.24, 2.45) is 12.0 Å². The van der Waals surface area contributed by atoms with E-state index in [9.17, 15) is 5.11 Å². The number of halogens is 1. The van der Waals surface area contributed by atoms with Crippen molar-refractivity contribution in [3.8, 4) is 11.5 Å². The van der Waals surface area contributed by atoms with E-state index in [0.717, 1.165) is 11.0 Å². The maximum atomic E-state index is 15.4. The number of hydrogen-bond donors (Lipinski definition) is 3. The van der Waals surface area contributed by atoms with Gasteiger partial charge in [-0.1, -0.05) is 0 Å². The zero-order chi connectivity index (χ0) is 26.3. The molecular weight excluding hydrogens is 475 g/mol. The lowest BCUT2D eigenvalue weighted by molar-refractivity contribution is 0.0358. The second kappa shape index (κ2) is 9.41. The molecule has 3 heterocycles. The first-order chi connectivity index (χ1) is 17.6. The number of nitrogens with one attached hydrogen (secondary N) is 2. The van der Waals surface area contributed by atoms with Crippen LogP contribution in [0.1, 0.15) is 25.1 Å². The first kappa shape index (κ1) is 24.6. The summed E-state index contributed by atoms with van der Waals surface area (Å²) < 4.78 is 23.4. The second-order valence-corrected chi connectivity index (χ2v) is 9.79. The Morgan fingerprint density at radius 3 is 2.81 bits per heavy atom. The van der Waals surface area contributed by atoms with Crippen molar-refractivity contribution in [1.82, 2.24) is 24.4 Å². The van der Waals surface area contributed by atoms with Gasteiger partial charge in [-0.15, -0.1) is 0 Å². The summed E-state index contributed by atoms with van der Waals surface area (Å²) in [6, 6.07) is 8.90. The number of ether oxygens (including phenoxy) is 1. The molecule has 0 aliphatic carbocycles. The molecule has 0 bridgehead atoms. The van der Waals surface area contributed by atoms with Gasteiger partial charge in [0.1, 0.15) is 29.2 Å². The number of aromatic nitrogens is 4. The molecule has 37 heavy (non-hydrogen) atoms. The molecule has 2 aromatic heterocycles. The van der Waals surface area contributed by atoms with E-state index in [0.29, 0.717) is 40.8 Å². The Bertz CT molecular complexity index is 1490. The SMILES string of the molecule is Cc1c(Oc2ccc3c(c2)ncn3C)ccc(Nc2ncnc3c2NC(N(C)CC(C)(C)O)N=C3)c1F. The molecule has 10 nitrogen and oxygen atoms in total. The molecule has 1 aliphatic heterocycles. The lowest BCUT2D eigenvalue weighted by Crippen LogP contribution is -2.45. The Morgan fingerprint density at radius 1 is 1.22 bits per heavy atom. The molecule has 1 unspecified atom stereocenters. The molecule has 0 spiro atoms. The van der Waals surface area contributed by atoms with Gasteiger partial charge in [-0.3, -0.25) is 9.89 Å². The molecular formula is C26H29FN8O2. The maximum Gasteiger partial charge on any atom is 0.176 e. The molecule has 0 saturated heterocycles. The molecule has 0 radical (unpaired) electrons. The summed E-state index contributed by atoms with van der Waals surface area (Å²) in [5.74, 6) is 0.930. The number of aryl methyl sites for hydroxylation is 1. The third-order valence-electron chi connectivity index (χ3n) is 6.06. The van der Waals surface area contributed by atoms with Crippen molar-refractivity contribution in [2.45, 2.75) is 32.7 Å². The van der Waals surface area contributed by atoms with Gasteiger partial charge in [0.2, 0.25) is 0 Å². The lowest BCUT2D eigenvalue weighted by atomic mass is 10.1. The highest BCUT2D eigenvalue weighted by Gasteiger charge is 2.26. The van der Waals surface area contributed by atoms with Gasteiger partial charge in [-0.2, -0.15) is 0 Å². The van der Waals surface area contributed by atoms with Crippen molar-refractivity contribution in [3.05, 3.63) is 60.1 Å². The summed E-state index contributed by atoms with van der Waals surface area (Å²) >= 11 is 0. The van der Waals surface area contributed by atoms with E-state index in [1.165, 1.54) is 6.33 Å². The zero-order valence-corrected chi connectivity index (χ0v) is 21.3. The van der Waals surface area contributed by atoms with Crippen LogP contribution in [0.5, 0.6) is 11.5 Å². The van der Waals surface area contributed by atoms with Gasteiger partial charge in [-0.05, 0) is 52.1 Å². The monoisotopic (exact) mass is 504 g/mol. The minimum Gasteiger partial charge on any atom is -0.457 e.